The molecule has 0 radical (unpaired) electrons. The lowest BCUT2D eigenvalue weighted by Crippen LogP contribution is -2.62. The van der Waals surface area contributed by atoms with E-state index >= 15 is 0 Å². The Kier molecular flexibility index (Phi) is 6.14. The standard InChI is InChI=1S/C12H20F2N2O3/c1-3-4-9-12(18)16(8(2)11(17)15-9)5-6-19-7-10(13)14/h8-10H,3-7H2,1-2H3,(H,15,17). The van der Waals surface area contributed by atoms with Crippen LogP contribution in [0.4, 0.5) is 8.78 Å². The van der Waals surface area contributed by atoms with Crippen molar-refractivity contribution in [3.8, 4) is 0 Å². The number of ether oxygens (including phenoxy) is 1. The van der Waals surface area contributed by atoms with Crippen LogP contribution >= 0.6 is 0 Å². The van der Waals surface area contributed by atoms with E-state index in [0.29, 0.717) is 6.42 Å². The summed E-state index contributed by atoms with van der Waals surface area (Å²) in [6, 6.07) is -1.10. The van der Waals surface area contributed by atoms with Crippen molar-refractivity contribution < 1.29 is 23.1 Å². The highest BCUT2D eigenvalue weighted by Crippen LogP contribution is 2.13. The van der Waals surface area contributed by atoms with E-state index in [1.807, 2.05) is 6.92 Å². The molecule has 1 saturated heterocycles. The molecule has 1 rings (SSSR count). The summed E-state index contributed by atoms with van der Waals surface area (Å²) in [4.78, 5) is 25.2. The van der Waals surface area contributed by atoms with Gasteiger partial charge in [0.2, 0.25) is 11.8 Å². The maximum absolute atomic E-state index is 12.1. The van der Waals surface area contributed by atoms with Gasteiger partial charge in [-0.25, -0.2) is 8.78 Å². The molecule has 0 saturated carbocycles. The molecule has 1 heterocycles. The normalized spacial score (nSPS) is 23.9. The molecule has 0 aromatic rings. The molecule has 1 aliphatic rings. The number of alkyl halides is 2. The van der Waals surface area contributed by atoms with Crippen LogP contribution in [0.3, 0.4) is 0 Å². The fourth-order valence-corrected chi connectivity index (χ4v) is 2.01. The van der Waals surface area contributed by atoms with Crippen LogP contribution < -0.4 is 5.32 Å². The summed E-state index contributed by atoms with van der Waals surface area (Å²) in [7, 11) is 0. The zero-order valence-electron chi connectivity index (χ0n) is 11.2. The van der Waals surface area contributed by atoms with Crippen LogP contribution in [0.25, 0.3) is 0 Å². The molecule has 0 aromatic carbocycles. The van der Waals surface area contributed by atoms with Crippen molar-refractivity contribution in [1.29, 1.82) is 0 Å². The van der Waals surface area contributed by atoms with Gasteiger partial charge in [-0.1, -0.05) is 13.3 Å². The van der Waals surface area contributed by atoms with E-state index in [4.69, 9.17) is 4.74 Å². The topological polar surface area (TPSA) is 58.6 Å². The van der Waals surface area contributed by atoms with Crippen LogP contribution in [0.15, 0.2) is 0 Å². The molecule has 5 nitrogen and oxygen atoms in total. The number of piperazine rings is 1. The number of carbonyl (C=O) groups excluding carboxylic acids is 2. The Hall–Kier alpha value is -1.24. The molecule has 0 spiro atoms. The Morgan fingerprint density at radius 3 is 2.68 bits per heavy atom. The number of nitrogens with one attached hydrogen (secondary N) is 1. The summed E-state index contributed by atoms with van der Waals surface area (Å²) in [5, 5.41) is 2.66. The monoisotopic (exact) mass is 278 g/mol. The lowest BCUT2D eigenvalue weighted by atomic mass is 10.0. The number of nitrogens with zero attached hydrogens (tertiary/aromatic N) is 1. The van der Waals surface area contributed by atoms with Gasteiger partial charge >= 0.3 is 0 Å². The second kappa shape index (κ2) is 7.37. The lowest BCUT2D eigenvalue weighted by molar-refractivity contribution is -0.149. The molecule has 19 heavy (non-hydrogen) atoms. The average molecular weight is 278 g/mol. The van der Waals surface area contributed by atoms with E-state index in [0.717, 1.165) is 6.42 Å². The molecule has 7 heteroatoms. The van der Waals surface area contributed by atoms with E-state index in [2.05, 4.69) is 5.32 Å². The third-order valence-corrected chi connectivity index (χ3v) is 3.04. The molecule has 2 atom stereocenters. The smallest absolute Gasteiger partial charge is 0.261 e. The second-order valence-corrected chi connectivity index (χ2v) is 4.52. The zero-order chi connectivity index (χ0) is 14.4. The summed E-state index contributed by atoms with van der Waals surface area (Å²) in [6.07, 6.45) is -1.17. The van der Waals surface area contributed by atoms with E-state index in [1.165, 1.54) is 4.90 Å². The van der Waals surface area contributed by atoms with Crippen molar-refractivity contribution >= 4 is 11.8 Å². The predicted octanol–water partition coefficient (Wildman–Crippen LogP) is 0.784. The third kappa shape index (κ3) is 4.41. The fourth-order valence-electron chi connectivity index (χ4n) is 2.01. The van der Waals surface area contributed by atoms with Crippen molar-refractivity contribution in [2.45, 2.75) is 45.2 Å². The van der Waals surface area contributed by atoms with Gasteiger partial charge in [-0.2, -0.15) is 0 Å². The Labute approximate surface area is 111 Å². The minimum absolute atomic E-state index is 0.00649. The van der Waals surface area contributed by atoms with E-state index in [-0.39, 0.29) is 25.0 Å². The van der Waals surface area contributed by atoms with Gasteiger partial charge < -0.3 is 15.0 Å². The summed E-state index contributed by atoms with van der Waals surface area (Å²) in [6.45, 7) is 3.05. The van der Waals surface area contributed by atoms with Crippen molar-refractivity contribution in [3.05, 3.63) is 0 Å². The second-order valence-electron chi connectivity index (χ2n) is 4.52. The van der Waals surface area contributed by atoms with E-state index < -0.39 is 25.1 Å². The highest BCUT2D eigenvalue weighted by Gasteiger charge is 2.37. The van der Waals surface area contributed by atoms with Gasteiger partial charge in [-0.15, -0.1) is 0 Å². The van der Waals surface area contributed by atoms with Gasteiger partial charge in [0.1, 0.15) is 18.7 Å². The molecule has 1 N–H and O–H groups in total. The van der Waals surface area contributed by atoms with Gasteiger partial charge in [-0.05, 0) is 13.3 Å². The van der Waals surface area contributed by atoms with Crippen molar-refractivity contribution in [2.75, 3.05) is 19.8 Å². The van der Waals surface area contributed by atoms with Crippen LogP contribution in [-0.4, -0.2) is 55.0 Å². The minimum Gasteiger partial charge on any atom is -0.374 e. The van der Waals surface area contributed by atoms with Gasteiger partial charge in [0.25, 0.3) is 6.43 Å². The SMILES string of the molecule is CCCC1NC(=O)C(C)N(CCOCC(F)F)C1=O. The molecule has 0 aliphatic carbocycles. The van der Waals surface area contributed by atoms with Crippen LogP contribution in [0.1, 0.15) is 26.7 Å². The number of halogens is 2. The summed E-state index contributed by atoms with van der Waals surface area (Å²) in [5.74, 6) is -0.387. The first-order valence-electron chi connectivity index (χ1n) is 6.44. The molecule has 0 bridgehead atoms. The molecular weight excluding hydrogens is 258 g/mol. The maximum Gasteiger partial charge on any atom is 0.261 e. The average Bonchev–Trinajstić information content (AvgIpc) is 2.35. The van der Waals surface area contributed by atoms with E-state index in [1.54, 1.807) is 6.92 Å². The van der Waals surface area contributed by atoms with Crippen LogP contribution in [0.5, 0.6) is 0 Å². The lowest BCUT2D eigenvalue weighted by Gasteiger charge is -2.37. The first kappa shape index (κ1) is 15.8. The van der Waals surface area contributed by atoms with Gasteiger partial charge in [0.05, 0.1) is 6.61 Å². The van der Waals surface area contributed by atoms with Crippen molar-refractivity contribution in [1.82, 2.24) is 10.2 Å². The first-order chi connectivity index (χ1) is 8.97. The Bertz CT molecular complexity index is 326. The van der Waals surface area contributed by atoms with Gasteiger partial charge in [0.15, 0.2) is 0 Å². The van der Waals surface area contributed by atoms with Crippen LogP contribution in [0.2, 0.25) is 0 Å². The van der Waals surface area contributed by atoms with E-state index in [9.17, 15) is 18.4 Å². The summed E-state index contributed by atoms with van der Waals surface area (Å²) < 4.78 is 28.6. The molecule has 1 aliphatic heterocycles. The summed E-state index contributed by atoms with van der Waals surface area (Å²) >= 11 is 0. The fraction of sp³-hybridized carbons (Fsp3) is 0.833. The minimum atomic E-state index is -2.52. The maximum atomic E-state index is 12.1. The quantitative estimate of drug-likeness (QED) is 0.700. The predicted molar refractivity (Wildman–Crippen MR) is 64.8 cm³/mol. The molecule has 1 fully saturated rings. The van der Waals surface area contributed by atoms with Gasteiger partial charge in [0, 0.05) is 6.54 Å². The van der Waals surface area contributed by atoms with Crippen molar-refractivity contribution in [2.24, 2.45) is 0 Å². The first-order valence-corrected chi connectivity index (χ1v) is 6.44. The molecule has 2 amide bonds. The third-order valence-electron chi connectivity index (χ3n) is 3.04. The number of rotatable bonds is 7. The highest BCUT2D eigenvalue weighted by molar-refractivity contribution is 5.96. The molecule has 110 valence electrons. The Morgan fingerprint density at radius 1 is 1.42 bits per heavy atom. The number of amides is 2. The molecule has 2 unspecified atom stereocenters. The molecule has 0 aromatic heterocycles. The highest BCUT2D eigenvalue weighted by atomic mass is 19.3. The Morgan fingerprint density at radius 2 is 2.11 bits per heavy atom. The number of hydrogen-bond acceptors (Lipinski definition) is 3. The summed E-state index contributed by atoms with van der Waals surface area (Å²) in [5.41, 5.74) is 0. The number of carbonyl (C=O) groups is 2. The molecular formula is C12H20F2N2O3. The largest absolute Gasteiger partial charge is 0.374 e. The van der Waals surface area contributed by atoms with Crippen LogP contribution in [0, 0.1) is 0 Å². The van der Waals surface area contributed by atoms with Crippen molar-refractivity contribution in [3.63, 3.8) is 0 Å². The zero-order valence-corrected chi connectivity index (χ0v) is 11.2. The Balaban J connectivity index is 2.52. The van der Waals surface area contributed by atoms with Crippen LogP contribution in [-0.2, 0) is 14.3 Å². The number of hydrogen-bond donors (Lipinski definition) is 1. The van der Waals surface area contributed by atoms with Gasteiger partial charge in [-0.3, -0.25) is 9.59 Å².